The number of amides is 1. The van der Waals surface area contributed by atoms with Gasteiger partial charge in [0.2, 0.25) is 5.91 Å². The molecule has 0 aromatic heterocycles. The predicted molar refractivity (Wildman–Crippen MR) is 85.8 cm³/mol. The van der Waals surface area contributed by atoms with Gasteiger partial charge in [0.05, 0.1) is 0 Å². The molecule has 124 valence electrons. The molecule has 1 amide bonds. The summed E-state index contributed by atoms with van der Waals surface area (Å²) in [5.41, 5.74) is 0.618. The molecule has 5 nitrogen and oxygen atoms in total. The third kappa shape index (κ3) is 6.80. The lowest BCUT2D eigenvalue weighted by Crippen LogP contribution is -2.28. The number of aliphatic hydroxyl groups excluding tert-OH is 1. The third-order valence-corrected chi connectivity index (χ3v) is 3.66. The average molecular weight is 309 g/mol. The number of carbonyl (C=O) groups is 1. The Labute approximate surface area is 132 Å². The SMILES string of the molecule is CCCCCCNC(=O)CC(CO)Cc1ccc(O)cc1O. The first-order chi connectivity index (χ1) is 10.6. The molecule has 1 aromatic rings. The maximum atomic E-state index is 11.8. The molecule has 1 rings (SSSR count). The molecule has 0 aliphatic heterocycles. The highest BCUT2D eigenvalue weighted by Crippen LogP contribution is 2.25. The van der Waals surface area contributed by atoms with Crippen LogP contribution < -0.4 is 5.32 Å². The van der Waals surface area contributed by atoms with Crippen LogP contribution in [-0.4, -0.2) is 34.4 Å². The lowest BCUT2D eigenvalue weighted by atomic mass is 9.96. The van der Waals surface area contributed by atoms with Gasteiger partial charge in [0.1, 0.15) is 11.5 Å². The Morgan fingerprint density at radius 1 is 1.23 bits per heavy atom. The Morgan fingerprint density at radius 2 is 2.00 bits per heavy atom. The zero-order chi connectivity index (χ0) is 16.4. The normalized spacial score (nSPS) is 12.1. The second-order valence-corrected chi connectivity index (χ2v) is 5.68. The van der Waals surface area contributed by atoms with E-state index in [-0.39, 0.29) is 36.4 Å². The quantitative estimate of drug-likeness (QED) is 0.499. The van der Waals surface area contributed by atoms with Crippen LogP contribution in [0.4, 0.5) is 0 Å². The fourth-order valence-electron chi connectivity index (χ4n) is 2.35. The van der Waals surface area contributed by atoms with Crippen molar-refractivity contribution in [1.29, 1.82) is 0 Å². The van der Waals surface area contributed by atoms with Crippen molar-refractivity contribution >= 4 is 5.91 Å². The number of rotatable bonds is 10. The smallest absolute Gasteiger partial charge is 0.220 e. The summed E-state index contributed by atoms with van der Waals surface area (Å²) >= 11 is 0. The Bertz CT molecular complexity index is 462. The minimum absolute atomic E-state index is 0.00776. The Morgan fingerprint density at radius 3 is 2.64 bits per heavy atom. The van der Waals surface area contributed by atoms with Gasteiger partial charge in [-0.05, 0) is 30.4 Å². The van der Waals surface area contributed by atoms with Crippen molar-refractivity contribution in [2.75, 3.05) is 13.2 Å². The van der Waals surface area contributed by atoms with Crippen molar-refractivity contribution in [3.63, 3.8) is 0 Å². The number of aliphatic hydroxyl groups is 1. The molecular formula is C17H27NO4. The monoisotopic (exact) mass is 309 g/mol. The first kappa shape index (κ1) is 18.3. The second-order valence-electron chi connectivity index (χ2n) is 5.68. The maximum absolute atomic E-state index is 11.8. The molecular weight excluding hydrogens is 282 g/mol. The Balaban J connectivity index is 2.39. The molecule has 0 saturated heterocycles. The molecule has 5 heteroatoms. The standard InChI is InChI=1S/C17H27NO4/c1-2-3-4-5-8-18-17(22)10-13(12-19)9-14-6-7-15(20)11-16(14)21/h6-7,11,13,19-21H,2-5,8-10,12H2,1H3,(H,18,22). The van der Waals surface area contributed by atoms with Crippen molar-refractivity contribution in [2.24, 2.45) is 5.92 Å². The van der Waals surface area contributed by atoms with Crippen molar-refractivity contribution in [1.82, 2.24) is 5.32 Å². The first-order valence-electron chi connectivity index (χ1n) is 7.95. The molecule has 0 bridgehead atoms. The van der Waals surface area contributed by atoms with Gasteiger partial charge in [0.15, 0.2) is 0 Å². The van der Waals surface area contributed by atoms with E-state index in [0.29, 0.717) is 18.5 Å². The molecule has 0 heterocycles. The van der Waals surface area contributed by atoms with Gasteiger partial charge in [-0.3, -0.25) is 4.79 Å². The highest BCUT2D eigenvalue weighted by Gasteiger charge is 2.15. The minimum Gasteiger partial charge on any atom is -0.508 e. The van der Waals surface area contributed by atoms with E-state index >= 15 is 0 Å². The number of nitrogens with one attached hydrogen (secondary N) is 1. The summed E-state index contributed by atoms with van der Waals surface area (Å²) in [6.45, 7) is 2.69. The van der Waals surface area contributed by atoms with E-state index in [2.05, 4.69) is 12.2 Å². The zero-order valence-corrected chi connectivity index (χ0v) is 13.2. The van der Waals surface area contributed by atoms with Gasteiger partial charge in [-0.2, -0.15) is 0 Å². The lowest BCUT2D eigenvalue weighted by molar-refractivity contribution is -0.122. The van der Waals surface area contributed by atoms with E-state index in [9.17, 15) is 20.1 Å². The molecule has 4 N–H and O–H groups in total. The van der Waals surface area contributed by atoms with E-state index in [0.717, 1.165) is 19.3 Å². The molecule has 0 aliphatic carbocycles. The van der Waals surface area contributed by atoms with E-state index in [4.69, 9.17) is 0 Å². The van der Waals surface area contributed by atoms with Gasteiger partial charge in [-0.25, -0.2) is 0 Å². The number of hydrogen-bond donors (Lipinski definition) is 4. The molecule has 1 unspecified atom stereocenters. The van der Waals surface area contributed by atoms with Crippen LogP contribution in [0.1, 0.15) is 44.6 Å². The summed E-state index contributed by atoms with van der Waals surface area (Å²) in [7, 11) is 0. The molecule has 0 spiro atoms. The van der Waals surface area contributed by atoms with Crippen LogP contribution in [0.5, 0.6) is 11.5 Å². The number of aromatic hydroxyl groups is 2. The molecule has 0 saturated carbocycles. The van der Waals surface area contributed by atoms with Gasteiger partial charge in [0.25, 0.3) is 0 Å². The third-order valence-electron chi connectivity index (χ3n) is 3.66. The summed E-state index contributed by atoms with van der Waals surface area (Å²) in [5, 5.41) is 31.3. The fraction of sp³-hybridized carbons (Fsp3) is 0.588. The van der Waals surface area contributed by atoms with Crippen LogP contribution in [0.15, 0.2) is 18.2 Å². The van der Waals surface area contributed by atoms with Gasteiger partial charge in [-0.15, -0.1) is 0 Å². The van der Waals surface area contributed by atoms with Crippen molar-refractivity contribution in [3.05, 3.63) is 23.8 Å². The summed E-state index contributed by atoms with van der Waals surface area (Å²) in [4.78, 5) is 11.8. The van der Waals surface area contributed by atoms with Crippen LogP contribution in [0.3, 0.4) is 0 Å². The van der Waals surface area contributed by atoms with Crippen molar-refractivity contribution in [2.45, 2.75) is 45.4 Å². The average Bonchev–Trinajstić information content (AvgIpc) is 2.49. The van der Waals surface area contributed by atoms with E-state index in [1.807, 2.05) is 0 Å². The molecule has 1 aromatic carbocycles. The molecule has 22 heavy (non-hydrogen) atoms. The summed E-state index contributed by atoms with van der Waals surface area (Å²) < 4.78 is 0. The summed E-state index contributed by atoms with van der Waals surface area (Å²) in [6, 6.07) is 4.35. The Hall–Kier alpha value is -1.75. The number of phenols is 2. The molecule has 1 atom stereocenters. The van der Waals surface area contributed by atoms with Crippen LogP contribution in [-0.2, 0) is 11.2 Å². The highest BCUT2D eigenvalue weighted by atomic mass is 16.3. The topological polar surface area (TPSA) is 89.8 Å². The number of hydrogen-bond acceptors (Lipinski definition) is 4. The largest absolute Gasteiger partial charge is 0.508 e. The van der Waals surface area contributed by atoms with Crippen LogP contribution in [0.25, 0.3) is 0 Å². The molecule has 0 aliphatic rings. The van der Waals surface area contributed by atoms with E-state index < -0.39 is 0 Å². The van der Waals surface area contributed by atoms with Crippen LogP contribution >= 0.6 is 0 Å². The van der Waals surface area contributed by atoms with Gasteiger partial charge >= 0.3 is 0 Å². The van der Waals surface area contributed by atoms with E-state index in [1.54, 1.807) is 6.07 Å². The highest BCUT2D eigenvalue weighted by molar-refractivity contribution is 5.76. The maximum Gasteiger partial charge on any atom is 0.220 e. The summed E-state index contributed by atoms with van der Waals surface area (Å²) in [6.07, 6.45) is 5.05. The first-order valence-corrected chi connectivity index (χ1v) is 7.95. The van der Waals surface area contributed by atoms with Crippen LogP contribution in [0.2, 0.25) is 0 Å². The predicted octanol–water partition coefficient (Wildman–Crippen LogP) is 2.34. The van der Waals surface area contributed by atoms with Crippen molar-refractivity contribution < 1.29 is 20.1 Å². The van der Waals surface area contributed by atoms with Gasteiger partial charge in [-0.1, -0.05) is 32.3 Å². The fourth-order valence-corrected chi connectivity index (χ4v) is 2.35. The van der Waals surface area contributed by atoms with Gasteiger partial charge in [0, 0.05) is 25.6 Å². The summed E-state index contributed by atoms with van der Waals surface area (Å²) in [5.74, 6) is -0.343. The minimum atomic E-state index is -0.244. The number of benzene rings is 1. The lowest BCUT2D eigenvalue weighted by Gasteiger charge is -2.15. The van der Waals surface area contributed by atoms with E-state index in [1.165, 1.54) is 18.6 Å². The van der Waals surface area contributed by atoms with Gasteiger partial charge < -0.3 is 20.6 Å². The van der Waals surface area contributed by atoms with Crippen molar-refractivity contribution in [3.8, 4) is 11.5 Å². The number of phenolic OH excluding ortho intramolecular Hbond substituents is 2. The molecule has 0 fully saturated rings. The number of carbonyl (C=O) groups excluding carboxylic acids is 1. The number of unbranched alkanes of at least 4 members (excludes halogenated alkanes) is 3. The molecule has 0 radical (unpaired) electrons. The van der Waals surface area contributed by atoms with Crippen LogP contribution in [0, 0.1) is 5.92 Å². The zero-order valence-electron chi connectivity index (χ0n) is 13.2. The second kappa shape index (κ2) is 10.1. The Kier molecular flexibility index (Phi) is 8.36.